The zero-order chi connectivity index (χ0) is 18.1. The molecule has 2 N–H and O–H groups in total. The Morgan fingerprint density at radius 2 is 1.96 bits per heavy atom. The molecule has 7 heteroatoms. The van der Waals surface area contributed by atoms with Crippen LogP contribution in [0.3, 0.4) is 0 Å². The maximum absolute atomic E-state index is 12.5. The number of ether oxygens (including phenoxy) is 2. The van der Waals surface area contributed by atoms with Crippen LogP contribution in [0.4, 0.5) is 0 Å². The van der Waals surface area contributed by atoms with Crippen molar-refractivity contribution in [3.8, 4) is 11.5 Å². The van der Waals surface area contributed by atoms with Crippen LogP contribution in [0, 0.1) is 0 Å². The monoisotopic (exact) mass is 364 g/mol. The smallest absolute Gasteiger partial charge is 0.342 e. The quantitative estimate of drug-likeness (QED) is 0.542. The Morgan fingerprint density at radius 3 is 2.72 bits per heavy atom. The minimum absolute atomic E-state index is 0.0348. The van der Waals surface area contributed by atoms with E-state index in [1.807, 2.05) is 6.08 Å². The fourth-order valence-electron chi connectivity index (χ4n) is 2.78. The molecule has 1 aromatic carbocycles. The Bertz CT molecular complexity index is 782. The minimum Gasteiger partial charge on any atom is -0.507 e. The van der Waals surface area contributed by atoms with E-state index in [-0.39, 0.29) is 40.6 Å². The summed E-state index contributed by atoms with van der Waals surface area (Å²) in [4.78, 5) is 24.6. The highest BCUT2D eigenvalue weighted by Crippen LogP contribution is 2.37. The topological polar surface area (TPSA) is 96.4 Å². The summed E-state index contributed by atoms with van der Waals surface area (Å²) in [5.41, 5.74) is -0.176. The molecule has 132 valence electrons. The molecule has 2 heterocycles. The highest BCUT2D eigenvalue weighted by molar-refractivity contribution is 6.33. The third-order valence-electron chi connectivity index (χ3n) is 4.06. The van der Waals surface area contributed by atoms with E-state index in [4.69, 9.17) is 21.1 Å². The number of hydrogen-bond donors (Lipinski definition) is 2. The average Bonchev–Trinajstić information content (AvgIpc) is 3.25. The average molecular weight is 365 g/mol. The van der Waals surface area contributed by atoms with Gasteiger partial charge in [-0.05, 0) is 13.0 Å². The summed E-state index contributed by atoms with van der Waals surface area (Å²) in [6.07, 6.45) is 6.13. The van der Waals surface area contributed by atoms with Crippen LogP contribution < -0.4 is 0 Å². The zero-order valence-corrected chi connectivity index (χ0v) is 14.2. The van der Waals surface area contributed by atoms with Crippen molar-refractivity contribution in [2.75, 3.05) is 0 Å². The number of aromatic hydroxyl groups is 2. The first kappa shape index (κ1) is 17.5. The van der Waals surface area contributed by atoms with Crippen molar-refractivity contribution in [3.05, 3.63) is 46.5 Å². The van der Waals surface area contributed by atoms with Crippen LogP contribution in [0.5, 0.6) is 11.5 Å². The lowest BCUT2D eigenvalue weighted by Crippen LogP contribution is -2.19. The normalized spacial score (nSPS) is 29.0. The number of rotatable bonds is 0. The number of phenols is 2. The van der Waals surface area contributed by atoms with Crippen molar-refractivity contribution >= 4 is 23.4 Å². The van der Waals surface area contributed by atoms with E-state index < -0.39 is 23.6 Å². The van der Waals surface area contributed by atoms with Gasteiger partial charge in [-0.2, -0.15) is 0 Å². The van der Waals surface area contributed by atoms with Crippen LogP contribution in [0.1, 0.15) is 29.3 Å². The number of ketones is 1. The predicted octanol–water partition coefficient (Wildman–Crippen LogP) is 2.69. The molecule has 2 aliphatic heterocycles. The molecule has 0 saturated carbocycles. The number of halogens is 1. The van der Waals surface area contributed by atoms with Gasteiger partial charge in [-0.1, -0.05) is 29.8 Å². The van der Waals surface area contributed by atoms with E-state index in [1.165, 1.54) is 6.08 Å². The molecule has 3 atom stereocenters. The number of hydrogen-bond acceptors (Lipinski definition) is 6. The van der Waals surface area contributed by atoms with Crippen molar-refractivity contribution in [1.29, 1.82) is 0 Å². The number of cyclic esters (lactones) is 1. The van der Waals surface area contributed by atoms with Crippen LogP contribution in [0.2, 0.25) is 5.02 Å². The largest absolute Gasteiger partial charge is 0.507 e. The summed E-state index contributed by atoms with van der Waals surface area (Å²) in [5.74, 6) is -2.04. The Labute approximate surface area is 149 Å². The van der Waals surface area contributed by atoms with Gasteiger partial charge in [-0.25, -0.2) is 4.79 Å². The molecule has 0 amide bonds. The van der Waals surface area contributed by atoms with Crippen LogP contribution in [-0.2, 0) is 20.7 Å². The molecule has 0 radical (unpaired) electrons. The Hall–Kier alpha value is -2.31. The maximum atomic E-state index is 12.5. The summed E-state index contributed by atoms with van der Waals surface area (Å²) in [7, 11) is 0. The number of phenolic OH excluding ortho intramolecular Hbond substituents is 2. The van der Waals surface area contributed by atoms with E-state index in [1.54, 1.807) is 19.1 Å². The number of benzene rings is 1. The van der Waals surface area contributed by atoms with Gasteiger partial charge in [0.05, 0.1) is 11.1 Å². The molecule has 6 nitrogen and oxygen atoms in total. The third-order valence-corrected chi connectivity index (χ3v) is 4.49. The highest BCUT2D eigenvalue weighted by atomic mass is 35.5. The Kier molecular flexibility index (Phi) is 4.83. The molecule has 2 aliphatic rings. The number of allylic oxidation sites excluding steroid dienone is 3. The second-order valence-corrected chi connectivity index (χ2v) is 6.44. The molecule has 0 spiro atoms. The van der Waals surface area contributed by atoms with E-state index in [9.17, 15) is 19.8 Å². The van der Waals surface area contributed by atoms with Crippen molar-refractivity contribution < 1.29 is 29.3 Å². The van der Waals surface area contributed by atoms with Gasteiger partial charge in [0.2, 0.25) is 0 Å². The number of carbonyl (C=O) groups excluding carboxylic acids is 2. The van der Waals surface area contributed by atoms with Gasteiger partial charge in [0.15, 0.2) is 5.78 Å². The van der Waals surface area contributed by atoms with Crippen molar-refractivity contribution in [3.63, 3.8) is 0 Å². The second kappa shape index (κ2) is 6.90. The summed E-state index contributed by atoms with van der Waals surface area (Å²) in [6, 6.07) is 0.958. The lowest BCUT2D eigenvalue weighted by Gasteiger charge is -2.16. The molecule has 0 aromatic heterocycles. The molecular formula is C18H17ClO6. The minimum atomic E-state index is -0.802. The first-order chi connectivity index (χ1) is 11.9. The third kappa shape index (κ3) is 3.86. The van der Waals surface area contributed by atoms with Crippen LogP contribution in [-0.4, -0.2) is 40.3 Å². The van der Waals surface area contributed by atoms with Crippen LogP contribution in [0.25, 0.3) is 0 Å². The van der Waals surface area contributed by atoms with E-state index in [2.05, 4.69) is 0 Å². The fraction of sp³-hybridized carbons (Fsp3) is 0.333. The Morgan fingerprint density at radius 1 is 1.20 bits per heavy atom. The molecule has 3 rings (SSSR count). The van der Waals surface area contributed by atoms with Gasteiger partial charge in [0, 0.05) is 24.5 Å². The van der Waals surface area contributed by atoms with Gasteiger partial charge in [0.1, 0.15) is 29.3 Å². The lowest BCUT2D eigenvalue weighted by molar-refractivity contribution is -0.114. The van der Waals surface area contributed by atoms with E-state index in [0.29, 0.717) is 6.42 Å². The zero-order valence-electron chi connectivity index (χ0n) is 13.4. The van der Waals surface area contributed by atoms with E-state index >= 15 is 0 Å². The molecular weight excluding hydrogens is 348 g/mol. The molecule has 25 heavy (non-hydrogen) atoms. The van der Waals surface area contributed by atoms with Gasteiger partial charge in [-0.3, -0.25) is 4.79 Å². The highest BCUT2D eigenvalue weighted by Gasteiger charge is 2.38. The lowest BCUT2D eigenvalue weighted by atomic mass is 10.00. The summed E-state index contributed by atoms with van der Waals surface area (Å²) < 4.78 is 10.8. The molecule has 0 aliphatic carbocycles. The predicted molar refractivity (Wildman–Crippen MR) is 89.9 cm³/mol. The summed E-state index contributed by atoms with van der Waals surface area (Å²) in [5, 5.41) is 19.7. The Balaban J connectivity index is 2.01. The molecule has 1 aromatic rings. The van der Waals surface area contributed by atoms with Crippen molar-refractivity contribution in [2.24, 2.45) is 0 Å². The van der Waals surface area contributed by atoms with Crippen molar-refractivity contribution in [2.45, 2.75) is 38.1 Å². The van der Waals surface area contributed by atoms with Crippen molar-refractivity contribution in [1.82, 2.24) is 0 Å². The second-order valence-electron chi connectivity index (χ2n) is 6.06. The number of epoxide rings is 1. The van der Waals surface area contributed by atoms with Gasteiger partial charge >= 0.3 is 5.97 Å². The van der Waals surface area contributed by atoms with E-state index in [0.717, 1.165) is 6.07 Å². The molecule has 0 bridgehead atoms. The summed E-state index contributed by atoms with van der Waals surface area (Å²) in [6.45, 7) is 1.72. The van der Waals surface area contributed by atoms with Crippen LogP contribution in [0.15, 0.2) is 30.4 Å². The van der Waals surface area contributed by atoms with Gasteiger partial charge in [-0.15, -0.1) is 0 Å². The first-order valence-electron chi connectivity index (χ1n) is 7.84. The summed E-state index contributed by atoms with van der Waals surface area (Å²) >= 11 is 6.05. The maximum Gasteiger partial charge on any atom is 0.342 e. The molecule has 3 unspecified atom stereocenters. The fourth-order valence-corrected chi connectivity index (χ4v) is 3.00. The SMILES string of the molecule is CC1CC2OC2/C=C/C=C\C(=O)Cc2c(Cl)c(O)cc(O)c2C(=O)O1. The molecule has 1 fully saturated rings. The number of fused-ring (bicyclic) bond motifs is 2. The standard InChI is InChI=1S/C18H17ClO6/c1-9-6-15-14(25-15)5-3-2-4-10(20)7-11-16(18(23)24-9)12(21)8-13(22)17(11)19/h2-5,8-9,14-15,21-22H,6-7H2,1H3/b4-2-,5-3+. The van der Waals surface area contributed by atoms with Gasteiger partial charge in [0.25, 0.3) is 0 Å². The molecule has 1 saturated heterocycles. The number of carbonyl (C=O) groups is 2. The number of esters is 1. The first-order valence-corrected chi connectivity index (χ1v) is 8.22. The van der Waals surface area contributed by atoms with Crippen LogP contribution >= 0.6 is 11.6 Å². The van der Waals surface area contributed by atoms with Gasteiger partial charge < -0.3 is 19.7 Å².